The van der Waals surface area contributed by atoms with Crippen molar-refractivity contribution < 1.29 is 39.9 Å². The third-order valence-electron chi connectivity index (χ3n) is 3.69. The molecule has 2 rings (SSSR count). The molecule has 6 nitrogen and oxygen atoms in total. The molecular weight excluding hydrogens is 414 g/mol. The third kappa shape index (κ3) is 5.31. The van der Waals surface area contributed by atoms with Crippen molar-refractivity contribution in [3.05, 3.63) is 46.0 Å². The molecule has 0 bridgehead atoms. The predicted octanol–water partition coefficient (Wildman–Crippen LogP) is 2.57. The van der Waals surface area contributed by atoms with Crippen molar-refractivity contribution in [2.75, 3.05) is 0 Å². The SMILES string of the molecule is Cc1ncc(CSSCc2cnc(C)c(O)c2CO)c(CO)c1O.[Zn]. The van der Waals surface area contributed by atoms with Crippen LogP contribution < -0.4 is 0 Å². The van der Waals surface area contributed by atoms with E-state index >= 15 is 0 Å². The van der Waals surface area contributed by atoms with Crippen molar-refractivity contribution in [1.82, 2.24) is 9.97 Å². The molecule has 0 radical (unpaired) electrons. The normalized spacial score (nSPS) is 10.6. The summed E-state index contributed by atoms with van der Waals surface area (Å²) in [6, 6.07) is 0. The number of aromatic hydroxyl groups is 2. The molecule has 4 N–H and O–H groups in total. The molecule has 2 heterocycles. The molecule has 0 aliphatic rings. The molecule has 2 aromatic heterocycles. The van der Waals surface area contributed by atoms with E-state index in [2.05, 4.69) is 9.97 Å². The van der Waals surface area contributed by atoms with E-state index < -0.39 is 0 Å². The first kappa shape index (κ1) is 22.2. The number of hydrogen-bond donors (Lipinski definition) is 4. The zero-order valence-electron chi connectivity index (χ0n) is 14.2. The van der Waals surface area contributed by atoms with Crippen LogP contribution in [0.1, 0.15) is 33.6 Å². The van der Waals surface area contributed by atoms with Gasteiger partial charge in [0.15, 0.2) is 0 Å². The Morgan fingerprint density at radius 2 is 1.16 bits per heavy atom. The van der Waals surface area contributed by atoms with Gasteiger partial charge in [-0.2, -0.15) is 0 Å². The molecule has 0 spiro atoms. The summed E-state index contributed by atoms with van der Waals surface area (Å²) in [6.07, 6.45) is 3.32. The van der Waals surface area contributed by atoms with E-state index in [9.17, 15) is 20.4 Å². The van der Waals surface area contributed by atoms with Crippen LogP contribution in [0.4, 0.5) is 0 Å². The van der Waals surface area contributed by atoms with Gasteiger partial charge in [0.25, 0.3) is 0 Å². The summed E-state index contributed by atoms with van der Waals surface area (Å²) in [6.45, 7) is 2.90. The number of aliphatic hydroxyl groups is 2. The first-order valence-electron chi connectivity index (χ1n) is 7.28. The molecule has 0 saturated carbocycles. The van der Waals surface area contributed by atoms with Gasteiger partial charge in [-0.25, -0.2) is 0 Å². The fourth-order valence-electron chi connectivity index (χ4n) is 2.18. The average Bonchev–Trinajstić information content (AvgIpc) is 2.58. The van der Waals surface area contributed by atoms with E-state index in [0.717, 1.165) is 11.1 Å². The van der Waals surface area contributed by atoms with E-state index in [4.69, 9.17) is 0 Å². The molecule has 0 unspecified atom stereocenters. The number of rotatable bonds is 7. The van der Waals surface area contributed by atoms with Crippen LogP contribution in [0.5, 0.6) is 11.5 Å². The summed E-state index contributed by atoms with van der Waals surface area (Å²) < 4.78 is 0. The summed E-state index contributed by atoms with van der Waals surface area (Å²) >= 11 is 0. The van der Waals surface area contributed by atoms with Crippen LogP contribution in [-0.2, 0) is 44.2 Å². The summed E-state index contributed by atoms with van der Waals surface area (Å²) in [7, 11) is 3.08. The van der Waals surface area contributed by atoms with E-state index in [-0.39, 0.29) is 44.2 Å². The quantitative estimate of drug-likeness (QED) is 0.300. The summed E-state index contributed by atoms with van der Waals surface area (Å²) in [5.74, 6) is 1.22. The Balaban J connectivity index is 0.00000312. The Morgan fingerprint density at radius 1 is 0.800 bits per heavy atom. The van der Waals surface area contributed by atoms with Gasteiger partial charge in [0.1, 0.15) is 11.5 Å². The van der Waals surface area contributed by atoms with Gasteiger partial charge in [0.05, 0.1) is 24.6 Å². The number of nitrogens with zero attached hydrogens (tertiary/aromatic N) is 2. The van der Waals surface area contributed by atoms with Crippen LogP contribution in [0.25, 0.3) is 0 Å². The Morgan fingerprint density at radius 3 is 1.48 bits per heavy atom. The van der Waals surface area contributed by atoms with Crippen LogP contribution in [0.2, 0.25) is 0 Å². The minimum Gasteiger partial charge on any atom is -0.506 e. The molecule has 0 aromatic carbocycles. The number of hydrogen-bond acceptors (Lipinski definition) is 8. The average molecular weight is 434 g/mol. The fourth-order valence-corrected chi connectivity index (χ4v) is 4.36. The number of pyridine rings is 2. The number of aromatic nitrogens is 2. The maximum atomic E-state index is 9.94. The molecule has 0 fully saturated rings. The Hall–Kier alpha value is -0.857. The molecular formula is C16H20N2O4S2Zn. The van der Waals surface area contributed by atoms with Crippen LogP contribution >= 0.6 is 21.6 Å². The van der Waals surface area contributed by atoms with Gasteiger partial charge >= 0.3 is 0 Å². The molecule has 0 saturated heterocycles. The first-order chi connectivity index (χ1) is 11.5. The smallest absolute Gasteiger partial charge is 0.142 e. The number of aliphatic hydroxyl groups excluding tert-OH is 2. The minimum atomic E-state index is -0.236. The summed E-state index contributed by atoms with van der Waals surface area (Å²) in [4.78, 5) is 8.23. The molecule has 0 aliphatic carbocycles. The second-order valence-electron chi connectivity index (χ2n) is 5.23. The molecule has 25 heavy (non-hydrogen) atoms. The van der Waals surface area contributed by atoms with Crippen LogP contribution in [0.3, 0.4) is 0 Å². The van der Waals surface area contributed by atoms with Gasteiger partial charge in [-0.15, -0.1) is 0 Å². The zero-order valence-corrected chi connectivity index (χ0v) is 18.8. The fraction of sp³-hybridized carbons (Fsp3) is 0.375. The second kappa shape index (κ2) is 10.3. The third-order valence-corrected chi connectivity index (χ3v) is 5.92. The zero-order chi connectivity index (χ0) is 17.7. The standard InChI is InChI=1S/C16H20N2O4S2.Zn/c1-9-15(21)13(5-19)11(3-17-9)7-23-24-8-12-4-18-10(2)16(22)14(12)6-20;/h3-4,19-22H,5-8H2,1-2H3;. The summed E-state index contributed by atoms with van der Waals surface area (Å²) in [5.41, 5.74) is 3.56. The van der Waals surface area contributed by atoms with Crippen molar-refractivity contribution in [3.63, 3.8) is 0 Å². The van der Waals surface area contributed by atoms with Crippen LogP contribution in [0, 0.1) is 13.8 Å². The largest absolute Gasteiger partial charge is 0.506 e. The Labute approximate surface area is 167 Å². The molecule has 0 aliphatic heterocycles. The molecule has 0 amide bonds. The Bertz CT molecular complexity index is 670. The Kier molecular flexibility index (Phi) is 9.17. The van der Waals surface area contributed by atoms with Crippen molar-refractivity contribution in [3.8, 4) is 11.5 Å². The van der Waals surface area contributed by atoms with E-state index in [1.807, 2.05) is 0 Å². The van der Waals surface area contributed by atoms with E-state index in [1.165, 1.54) is 21.6 Å². The van der Waals surface area contributed by atoms with Gasteiger partial charge in [0.2, 0.25) is 0 Å². The topological polar surface area (TPSA) is 107 Å². The monoisotopic (exact) mass is 432 g/mol. The maximum Gasteiger partial charge on any atom is 0.142 e. The molecule has 0 atom stereocenters. The van der Waals surface area contributed by atoms with Gasteiger partial charge < -0.3 is 20.4 Å². The first-order valence-corrected chi connectivity index (χ1v) is 9.77. The molecule has 132 valence electrons. The van der Waals surface area contributed by atoms with Crippen LogP contribution in [-0.4, -0.2) is 30.4 Å². The minimum absolute atomic E-state index is 0. The van der Waals surface area contributed by atoms with Crippen LogP contribution in [0.15, 0.2) is 12.4 Å². The summed E-state index contributed by atoms with van der Waals surface area (Å²) in [5, 5.41) is 38.7. The van der Waals surface area contributed by atoms with Crippen molar-refractivity contribution in [1.29, 1.82) is 0 Å². The van der Waals surface area contributed by atoms with Gasteiger partial charge in [-0.1, -0.05) is 21.6 Å². The van der Waals surface area contributed by atoms with Gasteiger partial charge in [-0.05, 0) is 25.0 Å². The van der Waals surface area contributed by atoms with Gasteiger partial charge in [0, 0.05) is 54.5 Å². The van der Waals surface area contributed by atoms with Crippen molar-refractivity contribution in [2.45, 2.75) is 38.6 Å². The predicted molar refractivity (Wildman–Crippen MR) is 95.7 cm³/mol. The maximum absolute atomic E-state index is 9.94. The molecule has 2 aromatic rings. The van der Waals surface area contributed by atoms with E-state index in [1.54, 1.807) is 26.2 Å². The van der Waals surface area contributed by atoms with Crippen molar-refractivity contribution >= 4 is 21.6 Å². The van der Waals surface area contributed by atoms with E-state index in [0.29, 0.717) is 34.0 Å². The van der Waals surface area contributed by atoms with Gasteiger partial charge in [-0.3, -0.25) is 9.97 Å². The second-order valence-corrected chi connectivity index (χ2v) is 7.70. The number of aryl methyl sites for hydroxylation is 2. The molecule has 9 heteroatoms. The van der Waals surface area contributed by atoms with Crippen molar-refractivity contribution in [2.24, 2.45) is 0 Å².